The molecule has 2 aromatic carbocycles. The van der Waals surface area contributed by atoms with Gasteiger partial charge in [0.15, 0.2) is 0 Å². The maximum absolute atomic E-state index is 10.0. The van der Waals surface area contributed by atoms with E-state index in [2.05, 4.69) is 0 Å². The Morgan fingerprint density at radius 2 is 1.10 bits per heavy atom. The van der Waals surface area contributed by atoms with E-state index in [1.54, 1.807) is 12.1 Å². The molecule has 0 fully saturated rings. The molecular formula is C18H18O2. The van der Waals surface area contributed by atoms with Gasteiger partial charge in [-0.1, -0.05) is 36.4 Å². The van der Waals surface area contributed by atoms with Gasteiger partial charge in [0, 0.05) is 11.1 Å². The van der Waals surface area contributed by atoms with Crippen molar-refractivity contribution in [3.8, 4) is 22.6 Å². The lowest BCUT2D eigenvalue weighted by Gasteiger charge is -2.09. The van der Waals surface area contributed by atoms with Gasteiger partial charge in [-0.25, -0.2) is 0 Å². The van der Waals surface area contributed by atoms with Gasteiger partial charge in [0.25, 0.3) is 0 Å². The predicted octanol–water partition coefficient (Wildman–Crippen LogP) is 4.83. The van der Waals surface area contributed by atoms with Crippen LogP contribution < -0.4 is 0 Å². The van der Waals surface area contributed by atoms with Crippen LogP contribution in [-0.2, 0) is 0 Å². The van der Waals surface area contributed by atoms with Crippen LogP contribution >= 0.6 is 0 Å². The van der Waals surface area contributed by atoms with Crippen LogP contribution in [0.1, 0.15) is 25.0 Å². The minimum Gasteiger partial charge on any atom is -0.507 e. The number of hydrogen-bond donors (Lipinski definition) is 2. The Balaban J connectivity index is 2.60. The molecule has 0 unspecified atom stereocenters. The molecule has 20 heavy (non-hydrogen) atoms. The van der Waals surface area contributed by atoms with E-state index < -0.39 is 0 Å². The third kappa shape index (κ3) is 2.91. The van der Waals surface area contributed by atoms with Crippen molar-refractivity contribution in [2.24, 2.45) is 0 Å². The summed E-state index contributed by atoms with van der Waals surface area (Å²) in [5.41, 5.74) is 3.22. The number of phenols is 2. The van der Waals surface area contributed by atoms with Crippen LogP contribution in [0.25, 0.3) is 23.3 Å². The van der Waals surface area contributed by atoms with Crippen molar-refractivity contribution in [3.05, 3.63) is 59.7 Å². The lowest BCUT2D eigenvalue weighted by molar-refractivity contribution is 0.469. The number of benzene rings is 2. The molecule has 0 saturated heterocycles. The maximum Gasteiger partial charge on any atom is 0.123 e. The zero-order valence-electron chi connectivity index (χ0n) is 11.7. The summed E-state index contributed by atoms with van der Waals surface area (Å²) in [6, 6.07) is 10.7. The van der Waals surface area contributed by atoms with Crippen molar-refractivity contribution in [2.45, 2.75) is 13.8 Å². The standard InChI is InChI=1S/C18H18O2/c1-3-5-13-7-9-17(19)15(11-13)16-12-14(6-4-2)8-10-18(16)20/h3-12,19-20H,1-2H3/b5-3+,6-4+. The molecule has 0 amide bonds. The van der Waals surface area contributed by atoms with Crippen LogP contribution in [0.3, 0.4) is 0 Å². The van der Waals surface area contributed by atoms with E-state index in [9.17, 15) is 10.2 Å². The summed E-state index contributed by atoms with van der Waals surface area (Å²) in [7, 11) is 0. The quantitative estimate of drug-likeness (QED) is 0.835. The molecule has 0 aliphatic heterocycles. The Morgan fingerprint density at radius 3 is 1.45 bits per heavy atom. The number of rotatable bonds is 3. The second-order valence-electron chi connectivity index (χ2n) is 4.55. The highest BCUT2D eigenvalue weighted by Crippen LogP contribution is 2.36. The van der Waals surface area contributed by atoms with Gasteiger partial charge in [-0.15, -0.1) is 0 Å². The fourth-order valence-electron chi connectivity index (χ4n) is 2.13. The monoisotopic (exact) mass is 266 g/mol. The average Bonchev–Trinajstić information content (AvgIpc) is 2.44. The smallest absolute Gasteiger partial charge is 0.123 e. The van der Waals surface area contributed by atoms with Crippen LogP contribution in [0, 0.1) is 0 Å². The van der Waals surface area contributed by atoms with Crippen molar-refractivity contribution in [3.63, 3.8) is 0 Å². The van der Waals surface area contributed by atoms with Gasteiger partial charge in [0.1, 0.15) is 11.5 Å². The van der Waals surface area contributed by atoms with E-state index in [1.807, 2.05) is 62.4 Å². The third-order valence-electron chi connectivity index (χ3n) is 3.05. The molecule has 2 N–H and O–H groups in total. The number of allylic oxidation sites excluding steroid dienone is 2. The van der Waals surface area contributed by atoms with Crippen LogP contribution in [0.2, 0.25) is 0 Å². The highest BCUT2D eigenvalue weighted by molar-refractivity contribution is 5.79. The summed E-state index contributed by atoms with van der Waals surface area (Å²) in [5.74, 6) is 0.317. The zero-order valence-corrected chi connectivity index (χ0v) is 11.7. The Morgan fingerprint density at radius 1 is 0.700 bits per heavy atom. The third-order valence-corrected chi connectivity index (χ3v) is 3.05. The van der Waals surface area contributed by atoms with E-state index in [0.29, 0.717) is 11.1 Å². The first-order valence-corrected chi connectivity index (χ1v) is 6.57. The molecule has 0 aromatic heterocycles. The number of aromatic hydroxyl groups is 2. The van der Waals surface area contributed by atoms with E-state index >= 15 is 0 Å². The summed E-state index contributed by atoms with van der Waals surface area (Å²) in [4.78, 5) is 0. The van der Waals surface area contributed by atoms with Gasteiger partial charge in [-0.05, 0) is 49.2 Å². The second kappa shape index (κ2) is 6.11. The molecule has 2 nitrogen and oxygen atoms in total. The van der Waals surface area contributed by atoms with Crippen LogP contribution in [-0.4, -0.2) is 10.2 Å². The molecule has 0 spiro atoms. The molecule has 2 rings (SSSR count). The molecule has 0 aliphatic rings. The Kier molecular flexibility index (Phi) is 4.26. The van der Waals surface area contributed by atoms with Crippen LogP contribution in [0.15, 0.2) is 48.6 Å². The number of phenolic OH excluding ortho intramolecular Hbond substituents is 2. The molecule has 2 aromatic rings. The lowest BCUT2D eigenvalue weighted by Crippen LogP contribution is -1.84. The largest absolute Gasteiger partial charge is 0.507 e. The topological polar surface area (TPSA) is 40.5 Å². The normalized spacial score (nSPS) is 11.5. The van der Waals surface area contributed by atoms with E-state index in [4.69, 9.17) is 0 Å². The summed E-state index contributed by atoms with van der Waals surface area (Å²) in [6.45, 7) is 3.88. The molecule has 102 valence electrons. The van der Waals surface area contributed by atoms with E-state index in [1.165, 1.54) is 0 Å². The Hall–Kier alpha value is -2.48. The van der Waals surface area contributed by atoms with Gasteiger partial charge in [-0.2, -0.15) is 0 Å². The van der Waals surface area contributed by atoms with Gasteiger partial charge in [-0.3, -0.25) is 0 Å². The van der Waals surface area contributed by atoms with Gasteiger partial charge in [0.05, 0.1) is 0 Å². The summed E-state index contributed by atoms with van der Waals surface area (Å²) in [6.07, 6.45) is 7.78. The first kappa shape index (κ1) is 13.9. The molecule has 0 heterocycles. The molecule has 0 atom stereocenters. The van der Waals surface area contributed by atoms with Crippen LogP contribution in [0.5, 0.6) is 11.5 Å². The minimum absolute atomic E-state index is 0.159. The summed E-state index contributed by atoms with van der Waals surface area (Å²) in [5, 5.41) is 20.1. The van der Waals surface area contributed by atoms with Crippen LogP contribution in [0.4, 0.5) is 0 Å². The van der Waals surface area contributed by atoms with Crippen molar-refractivity contribution >= 4 is 12.2 Å². The highest BCUT2D eigenvalue weighted by Gasteiger charge is 2.10. The second-order valence-corrected chi connectivity index (χ2v) is 4.55. The average molecular weight is 266 g/mol. The predicted molar refractivity (Wildman–Crippen MR) is 84.6 cm³/mol. The van der Waals surface area contributed by atoms with Crippen molar-refractivity contribution < 1.29 is 10.2 Å². The summed E-state index contributed by atoms with van der Waals surface area (Å²) >= 11 is 0. The first-order chi connectivity index (χ1) is 9.65. The fourth-order valence-corrected chi connectivity index (χ4v) is 2.13. The van der Waals surface area contributed by atoms with E-state index in [-0.39, 0.29) is 11.5 Å². The van der Waals surface area contributed by atoms with Gasteiger partial charge < -0.3 is 10.2 Å². The lowest BCUT2D eigenvalue weighted by atomic mass is 9.98. The Bertz CT molecular complexity index is 608. The summed E-state index contributed by atoms with van der Waals surface area (Å²) < 4.78 is 0. The first-order valence-electron chi connectivity index (χ1n) is 6.57. The van der Waals surface area contributed by atoms with Gasteiger partial charge in [0.2, 0.25) is 0 Å². The van der Waals surface area contributed by atoms with Crippen molar-refractivity contribution in [2.75, 3.05) is 0 Å². The van der Waals surface area contributed by atoms with Gasteiger partial charge >= 0.3 is 0 Å². The number of hydrogen-bond acceptors (Lipinski definition) is 2. The Labute approximate surface area is 119 Å². The molecule has 0 bridgehead atoms. The van der Waals surface area contributed by atoms with E-state index in [0.717, 1.165) is 11.1 Å². The molecule has 2 heteroatoms. The fraction of sp³-hybridized carbons (Fsp3) is 0.111. The highest BCUT2D eigenvalue weighted by atomic mass is 16.3. The molecule has 0 radical (unpaired) electrons. The minimum atomic E-state index is 0.159. The maximum atomic E-state index is 10.0. The van der Waals surface area contributed by atoms with Crippen molar-refractivity contribution in [1.82, 2.24) is 0 Å². The molecule has 0 saturated carbocycles. The zero-order chi connectivity index (χ0) is 14.5. The SMILES string of the molecule is C/C=C/c1ccc(O)c(-c2cc(/C=C/C)ccc2O)c1. The van der Waals surface area contributed by atoms with Crippen molar-refractivity contribution in [1.29, 1.82) is 0 Å². The molecular weight excluding hydrogens is 248 g/mol. The molecule has 0 aliphatic carbocycles.